The normalized spacial score (nSPS) is 24.5. The van der Waals surface area contributed by atoms with Crippen molar-refractivity contribution >= 4 is 11.8 Å². The predicted octanol–water partition coefficient (Wildman–Crippen LogP) is 1.82. The van der Waals surface area contributed by atoms with Crippen LogP contribution in [0.15, 0.2) is 0 Å². The Labute approximate surface area is 85.5 Å². The lowest BCUT2D eigenvalue weighted by Crippen LogP contribution is -2.35. The highest BCUT2D eigenvalue weighted by atomic mass is 16.2. The minimum Gasteiger partial charge on any atom is -0.282 e. The van der Waals surface area contributed by atoms with Crippen LogP contribution in [0.1, 0.15) is 41.0 Å². The maximum atomic E-state index is 11.9. The average Bonchev–Trinajstić information content (AvgIpc) is 2.19. The Balaban J connectivity index is 3.09. The molecule has 0 aromatic heterocycles. The first-order chi connectivity index (χ1) is 6.26. The zero-order valence-corrected chi connectivity index (χ0v) is 9.68. The summed E-state index contributed by atoms with van der Waals surface area (Å²) >= 11 is 0. The largest absolute Gasteiger partial charge is 0.282 e. The van der Waals surface area contributed by atoms with Crippen LogP contribution in [0.25, 0.3) is 0 Å². The lowest BCUT2D eigenvalue weighted by atomic mass is 9.70. The Kier molecular flexibility index (Phi) is 2.46. The Morgan fingerprint density at radius 1 is 1.00 bits per heavy atom. The molecular weight excluding hydrogens is 178 g/mol. The standard InChI is InChI=1S/C11H19NO2/c1-6-7-12-8(13)10(2,3)11(4,5)9(12)14/h6-7H2,1-5H3. The molecule has 1 fully saturated rings. The lowest BCUT2D eigenvalue weighted by molar-refractivity contribution is -0.141. The second kappa shape index (κ2) is 3.07. The topological polar surface area (TPSA) is 37.4 Å². The van der Waals surface area contributed by atoms with E-state index in [-0.39, 0.29) is 11.8 Å². The first-order valence-electron chi connectivity index (χ1n) is 5.13. The number of carbonyl (C=O) groups excluding carboxylic acids is 2. The second-order valence-electron chi connectivity index (χ2n) is 5.01. The van der Waals surface area contributed by atoms with Gasteiger partial charge in [-0.15, -0.1) is 0 Å². The first-order valence-corrected chi connectivity index (χ1v) is 5.13. The number of carbonyl (C=O) groups is 2. The molecule has 14 heavy (non-hydrogen) atoms. The van der Waals surface area contributed by atoms with Gasteiger partial charge in [0.15, 0.2) is 0 Å². The molecule has 0 spiro atoms. The quantitative estimate of drug-likeness (QED) is 0.633. The van der Waals surface area contributed by atoms with E-state index in [2.05, 4.69) is 0 Å². The van der Waals surface area contributed by atoms with Gasteiger partial charge in [-0.1, -0.05) is 6.92 Å². The molecule has 0 aromatic rings. The average molecular weight is 197 g/mol. The number of rotatable bonds is 2. The summed E-state index contributed by atoms with van der Waals surface area (Å²) < 4.78 is 0. The SMILES string of the molecule is CCCN1C(=O)C(C)(C)C(C)(C)C1=O. The van der Waals surface area contributed by atoms with Crippen molar-refractivity contribution in [3.8, 4) is 0 Å². The zero-order chi connectivity index (χ0) is 11.1. The highest BCUT2D eigenvalue weighted by Crippen LogP contribution is 2.47. The third kappa shape index (κ3) is 1.18. The number of hydrogen-bond donors (Lipinski definition) is 0. The molecule has 0 saturated carbocycles. The van der Waals surface area contributed by atoms with Gasteiger partial charge in [0.2, 0.25) is 11.8 Å². The molecule has 1 saturated heterocycles. The van der Waals surface area contributed by atoms with Crippen LogP contribution in [-0.4, -0.2) is 23.3 Å². The van der Waals surface area contributed by atoms with Crippen molar-refractivity contribution in [2.45, 2.75) is 41.0 Å². The summed E-state index contributed by atoms with van der Waals surface area (Å²) in [7, 11) is 0. The van der Waals surface area contributed by atoms with Crippen LogP contribution in [-0.2, 0) is 9.59 Å². The zero-order valence-electron chi connectivity index (χ0n) is 9.68. The Bertz CT molecular complexity index is 253. The van der Waals surface area contributed by atoms with Crippen molar-refractivity contribution in [2.75, 3.05) is 6.54 Å². The first kappa shape index (κ1) is 11.2. The summed E-state index contributed by atoms with van der Waals surface area (Å²) in [5, 5.41) is 0. The number of amides is 2. The van der Waals surface area contributed by atoms with Crippen molar-refractivity contribution in [3.05, 3.63) is 0 Å². The van der Waals surface area contributed by atoms with E-state index in [1.165, 1.54) is 4.90 Å². The van der Waals surface area contributed by atoms with Gasteiger partial charge >= 0.3 is 0 Å². The summed E-state index contributed by atoms with van der Waals surface area (Å²) in [5.74, 6) is -0.0660. The molecule has 3 nitrogen and oxygen atoms in total. The molecule has 0 atom stereocenters. The Morgan fingerprint density at radius 2 is 1.36 bits per heavy atom. The second-order valence-corrected chi connectivity index (χ2v) is 5.01. The van der Waals surface area contributed by atoms with Crippen molar-refractivity contribution in [3.63, 3.8) is 0 Å². The maximum Gasteiger partial charge on any atom is 0.235 e. The van der Waals surface area contributed by atoms with E-state index in [1.807, 2.05) is 34.6 Å². The molecule has 2 amide bonds. The van der Waals surface area contributed by atoms with Crippen LogP contribution in [0, 0.1) is 10.8 Å². The minimum absolute atomic E-state index is 0.0330. The molecule has 80 valence electrons. The Morgan fingerprint density at radius 3 is 1.64 bits per heavy atom. The fourth-order valence-corrected chi connectivity index (χ4v) is 1.73. The Hall–Kier alpha value is -0.860. The van der Waals surface area contributed by atoms with Crippen molar-refractivity contribution in [1.82, 2.24) is 4.90 Å². The summed E-state index contributed by atoms with van der Waals surface area (Å²) in [4.78, 5) is 25.3. The van der Waals surface area contributed by atoms with Gasteiger partial charge in [0, 0.05) is 6.54 Å². The molecular formula is C11H19NO2. The van der Waals surface area contributed by atoms with E-state index < -0.39 is 10.8 Å². The van der Waals surface area contributed by atoms with E-state index >= 15 is 0 Å². The third-order valence-electron chi connectivity index (χ3n) is 3.57. The number of likely N-dealkylation sites (tertiary alicyclic amines) is 1. The van der Waals surface area contributed by atoms with Crippen molar-refractivity contribution in [2.24, 2.45) is 10.8 Å². The van der Waals surface area contributed by atoms with E-state index in [0.717, 1.165) is 6.42 Å². The fraction of sp³-hybridized carbons (Fsp3) is 0.818. The molecule has 0 radical (unpaired) electrons. The lowest BCUT2D eigenvalue weighted by Gasteiger charge is -2.28. The summed E-state index contributed by atoms with van der Waals surface area (Å²) in [6.07, 6.45) is 0.823. The van der Waals surface area contributed by atoms with Crippen LogP contribution < -0.4 is 0 Å². The van der Waals surface area contributed by atoms with Gasteiger partial charge in [-0.2, -0.15) is 0 Å². The van der Waals surface area contributed by atoms with Gasteiger partial charge in [0.05, 0.1) is 10.8 Å². The molecule has 3 heteroatoms. The van der Waals surface area contributed by atoms with Gasteiger partial charge in [0.25, 0.3) is 0 Å². The molecule has 1 aliphatic rings. The van der Waals surface area contributed by atoms with Gasteiger partial charge in [-0.05, 0) is 34.1 Å². The van der Waals surface area contributed by atoms with Crippen molar-refractivity contribution < 1.29 is 9.59 Å². The van der Waals surface area contributed by atoms with Crippen LogP contribution in [0.2, 0.25) is 0 Å². The molecule has 0 bridgehead atoms. The van der Waals surface area contributed by atoms with Gasteiger partial charge in [-0.3, -0.25) is 14.5 Å². The third-order valence-corrected chi connectivity index (χ3v) is 3.57. The van der Waals surface area contributed by atoms with Crippen LogP contribution in [0.5, 0.6) is 0 Å². The molecule has 1 rings (SSSR count). The predicted molar refractivity (Wildman–Crippen MR) is 54.6 cm³/mol. The van der Waals surface area contributed by atoms with Crippen molar-refractivity contribution in [1.29, 1.82) is 0 Å². The smallest absolute Gasteiger partial charge is 0.235 e. The van der Waals surface area contributed by atoms with E-state index in [4.69, 9.17) is 0 Å². The summed E-state index contributed by atoms with van der Waals surface area (Å²) in [5.41, 5.74) is -1.14. The van der Waals surface area contributed by atoms with E-state index in [0.29, 0.717) is 6.54 Å². The van der Waals surface area contributed by atoms with Crippen LogP contribution in [0.3, 0.4) is 0 Å². The minimum atomic E-state index is -0.570. The molecule has 0 N–H and O–H groups in total. The molecule has 1 aliphatic heterocycles. The van der Waals surface area contributed by atoms with E-state index in [9.17, 15) is 9.59 Å². The fourth-order valence-electron chi connectivity index (χ4n) is 1.73. The molecule has 0 unspecified atom stereocenters. The molecule has 0 aliphatic carbocycles. The number of nitrogens with zero attached hydrogens (tertiary/aromatic N) is 1. The van der Waals surface area contributed by atoms with Crippen LogP contribution in [0.4, 0.5) is 0 Å². The highest BCUT2D eigenvalue weighted by molar-refractivity contribution is 6.08. The van der Waals surface area contributed by atoms with E-state index in [1.54, 1.807) is 0 Å². The highest BCUT2D eigenvalue weighted by Gasteiger charge is 2.58. The summed E-state index contributed by atoms with van der Waals surface area (Å²) in [6.45, 7) is 9.92. The van der Waals surface area contributed by atoms with Gasteiger partial charge in [-0.25, -0.2) is 0 Å². The summed E-state index contributed by atoms with van der Waals surface area (Å²) in [6, 6.07) is 0. The van der Waals surface area contributed by atoms with Gasteiger partial charge in [0.1, 0.15) is 0 Å². The molecule has 1 heterocycles. The number of imide groups is 1. The van der Waals surface area contributed by atoms with Crippen LogP contribution >= 0.6 is 0 Å². The van der Waals surface area contributed by atoms with Gasteiger partial charge < -0.3 is 0 Å². The molecule has 0 aromatic carbocycles. The number of hydrogen-bond acceptors (Lipinski definition) is 2. The monoisotopic (exact) mass is 197 g/mol. The maximum absolute atomic E-state index is 11.9.